The van der Waals surface area contributed by atoms with Crippen LogP contribution in [0.5, 0.6) is 5.88 Å². The van der Waals surface area contributed by atoms with Crippen molar-refractivity contribution in [2.75, 3.05) is 18.5 Å². The Morgan fingerprint density at radius 2 is 2.06 bits per heavy atom. The van der Waals surface area contributed by atoms with Crippen molar-refractivity contribution in [3.05, 3.63) is 18.2 Å². The smallest absolute Gasteiger partial charge is 0.215 e. The molecule has 0 aliphatic heterocycles. The van der Waals surface area contributed by atoms with Crippen LogP contribution in [0.4, 0.5) is 5.82 Å². The monoisotopic (exact) mass is 222 g/mol. The maximum absolute atomic E-state index is 5.62. The second kappa shape index (κ2) is 5.73. The molecule has 0 aliphatic rings. The summed E-state index contributed by atoms with van der Waals surface area (Å²) in [5.41, 5.74) is 0.305. The van der Waals surface area contributed by atoms with Gasteiger partial charge in [0.15, 0.2) is 0 Å². The van der Waals surface area contributed by atoms with E-state index in [0.29, 0.717) is 17.9 Å². The summed E-state index contributed by atoms with van der Waals surface area (Å²) in [7, 11) is 0. The van der Waals surface area contributed by atoms with Crippen LogP contribution in [0.2, 0.25) is 0 Å². The number of hydrogen-bond acceptors (Lipinski definition) is 3. The second-order valence-corrected chi connectivity index (χ2v) is 5.05. The third-order valence-electron chi connectivity index (χ3n) is 2.18. The van der Waals surface area contributed by atoms with Gasteiger partial charge in [-0.05, 0) is 24.8 Å². The highest BCUT2D eigenvalue weighted by molar-refractivity contribution is 5.36. The molecule has 1 heterocycles. The molecule has 1 N–H and O–H groups in total. The number of nitrogens with zero attached hydrogens (tertiary/aromatic N) is 1. The number of hydrogen-bond donors (Lipinski definition) is 1. The minimum absolute atomic E-state index is 0.305. The number of nitrogens with one attached hydrogen (secondary N) is 1. The molecule has 0 unspecified atom stereocenters. The normalized spacial score (nSPS) is 11.2. The topological polar surface area (TPSA) is 34.1 Å². The molecule has 0 aliphatic carbocycles. The predicted molar refractivity (Wildman–Crippen MR) is 68.0 cm³/mol. The Labute approximate surface area is 98.2 Å². The van der Waals surface area contributed by atoms with E-state index >= 15 is 0 Å². The standard InChI is InChI=1S/C13H22N2O/c1-5-14-11-7-6-8-12(15-11)16-10-9-13(2,3)4/h6-8H,5,9-10H2,1-4H3,(H,14,15). The van der Waals surface area contributed by atoms with Crippen molar-refractivity contribution in [3.63, 3.8) is 0 Å². The molecule has 0 saturated carbocycles. The zero-order valence-corrected chi connectivity index (χ0v) is 10.7. The lowest BCUT2D eigenvalue weighted by Crippen LogP contribution is -2.11. The van der Waals surface area contributed by atoms with Crippen molar-refractivity contribution in [2.45, 2.75) is 34.1 Å². The van der Waals surface area contributed by atoms with E-state index in [4.69, 9.17) is 4.74 Å². The van der Waals surface area contributed by atoms with E-state index in [1.54, 1.807) is 0 Å². The lowest BCUT2D eigenvalue weighted by Gasteiger charge is -2.17. The van der Waals surface area contributed by atoms with Gasteiger partial charge in [0.1, 0.15) is 5.82 Å². The fourth-order valence-corrected chi connectivity index (χ4v) is 1.24. The first-order valence-electron chi connectivity index (χ1n) is 5.85. The first kappa shape index (κ1) is 12.8. The summed E-state index contributed by atoms with van der Waals surface area (Å²) < 4.78 is 5.62. The van der Waals surface area contributed by atoms with Crippen LogP contribution >= 0.6 is 0 Å². The van der Waals surface area contributed by atoms with Crippen LogP contribution in [0.3, 0.4) is 0 Å². The van der Waals surface area contributed by atoms with Crippen LogP contribution in [0, 0.1) is 5.41 Å². The van der Waals surface area contributed by atoms with Gasteiger partial charge >= 0.3 is 0 Å². The molecule has 0 spiro atoms. The molecule has 0 bridgehead atoms. The van der Waals surface area contributed by atoms with Crippen LogP contribution in [-0.2, 0) is 0 Å². The lowest BCUT2D eigenvalue weighted by atomic mass is 9.93. The van der Waals surface area contributed by atoms with Gasteiger partial charge in [0.25, 0.3) is 0 Å². The highest BCUT2D eigenvalue weighted by Gasteiger charge is 2.10. The average Bonchev–Trinajstić information content (AvgIpc) is 2.17. The van der Waals surface area contributed by atoms with E-state index in [2.05, 4.69) is 38.0 Å². The van der Waals surface area contributed by atoms with Gasteiger partial charge in [-0.1, -0.05) is 26.8 Å². The molecular formula is C13H22N2O. The molecule has 90 valence electrons. The van der Waals surface area contributed by atoms with Gasteiger partial charge < -0.3 is 10.1 Å². The summed E-state index contributed by atoms with van der Waals surface area (Å²) in [6, 6.07) is 5.79. The Bertz CT molecular complexity index is 318. The Kier molecular flexibility index (Phi) is 4.59. The number of pyridine rings is 1. The highest BCUT2D eigenvalue weighted by Crippen LogP contribution is 2.19. The maximum Gasteiger partial charge on any atom is 0.215 e. The molecular weight excluding hydrogens is 200 g/mol. The lowest BCUT2D eigenvalue weighted by molar-refractivity contribution is 0.236. The van der Waals surface area contributed by atoms with E-state index in [0.717, 1.165) is 18.8 Å². The van der Waals surface area contributed by atoms with E-state index < -0.39 is 0 Å². The highest BCUT2D eigenvalue weighted by atomic mass is 16.5. The third-order valence-corrected chi connectivity index (χ3v) is 2.18. The third kappa shape index (κ3) is 5.01. The number of anilines is 1. The van der Waals surface area contributed by atoms with Gasteiger partial charge in [0, 0.05) is 12.6 Å². The minimum atomic E-state index is 0.305. The molecule has 0 fully saturated rings. The van der Waals surface area contributed by atoms with Crippen molar-refractivity contribution < 1.29 is 4.74 Å². The van der Waals surface area contributed by atoms with Crippen LogP contribution in [0.1, 0.15) is 34.1 Å². The SMILES string of the molecule is CCNc1cccc(OCCC(C)(C)C)n1. The van der Waals surface area contributed by atoms with Crippen molar-refractivity contribution >= 4 is 5.82 Å². The Morgan fingerprint density at radius 1 is 1.31 bits per heavy atom. The van der Waals surface area contributed by atoms with Crippen LogP contribution < -0.4 is 10.1 Å². The Morgan fingerprint density at radius 3 is 2.69 bits per heavy atom. The summed E-state index contributed by atoms with van der Waals surface area (Å²) in [5.74, 6) is 1.57. The fraction of sp³-hybridized carbons (Fsp3) is 0.615. The molecule has 3 nitrogen and oxygen atoms in total. The zero-order chi connectivity index (χ0) is 12.0. The maximum atomic E-state index is 5.62. The quantitative estimate of drug-likeness (QED) is 0.829. The molecule has 1 aromatic heterocycles. The Balaban J connectivity index is 2.44. The summed E-state index contributed by atoms with van der Waals surface area (Å²) in [4.78, 5) is 4.35. The molecule has 0 aromatic carbocycles. The molecule has 0 saturated heterocycles. The number of rotatable bonds is 5. The van der Waals surface area contributed by atoms with E-state index in [1.165, 1.54) is 0 Å². The van der Waals surface area contributed by atoms with Crippen LogP contribution in [-0.4, -0.2) is 18.1 Å². The van der Waals surface area contributed by atoms with Gasteiger partial charge in [-0.3, -0.25) is 0 Å². The second-order valence-electron chi connectivity index (χ2n) is 5.05. The number of aromatic nitrogens is 1. The van der Waals surface area contributed by atoms with E-state index in [9.17, 15) is 0 Å². The summed E-state index contributed by atoms with van der Waals surface area (Å²) in [6.07, 6.45) is 1.03. The van der Waals surface area contributed by atoms with Crippen molar-refractivity contribution in [1.82, 2.24) is 4.98 Å². The van der Waals surface area contributed by atoms with Gasteiger partial charge in [-0.25, -0.2) is 0 Å². The van der Waals surface area contributed by atoms with Gasteiger partial charge in [0.2, 0.25) is 5.88 Å². The van der Waals surface area contributed by atoms with Gasteiger partial charge in [-0.15, -0.1) is 0 Å². The molecule has 1 rings (SSSR count). The zero-order valence-electron chi connectivity index (χ0n) is 10.7. The largest absolute Gasteiger partial charge is 0.478 e. The molecule has 0 atom stereocenters. The molecule has 16 heavy (non-hydrogen) atoms. The van der Waals surface area contributed by atoms with Crippen molar-refractivity contribution in [2.24, 2.45) is 5.41 Å². The van der Waals surface area contributed by atoms with Crippen LogP contribution in [0.25, 0.3) is 0 Å². The van der Waals surface area contributed by atoms with E-state index in [-0.39, 0.29) is 0 Å². The summed E-state index contributed by atoms with van der Waals surface area (Å²) in [5, 5.41) is 3.16. The number of ether oxygens (including phenoxy) is 1. The molecule has 1 aromatic rings. The Hall–Kier alpha value is -1.25. The van der Waals surface area contributed by atoms with Gasteiger partial charge in [-0.2, -0.15) is 4.98 Å². The first-order valence-corrected chi connectivity index (χ1v) is 5.85. The van der Waals surface area contributed by atoms with Crippen LogP contribution in [0.15, 0.2) is 18.2 Å². The molecule has 0 amide bonds. The summed E-state index contributed by atoms with van der Waals surface area (Å²) in [6.45, 7) is 10.3. The average molecular weight is 222 g/mol. The fourth-order valence-electron chi connectivity index (χ4n) is 1.24. The molecule has 3 heteroatoms. The van der Waals surface area contributed by atoms with Crippen molar-refractivity contribution in [3.8, 4) is 5.88 Å². The minimum Gasteiger partial charge on any atom is -0.478 e. The molecule has 0 radical (unpaired) electrons. The predicted octanol–water partition coefficient (Wildman–Crippen LogP) is 3.33. The van der Waals surface area contributed by atoms with Gasteiger partial charge in [0.05, 0.1) is 6.61 Å². The van der Waals surface area contributed by atoms with E-state index in [1.807, 2.05) is 18.2 Å². The van der Waals surface area contributed by atoms with Crippen molar-refractivity contribution in [1.29, 1.82) is 0 Å². The first-order chi connectivity index (χ1) is 7.51. The summed E-state index contributed by atoms with van der Waals surface area (Å²) >= 11 is 0.